The van der Waals surface area contributed by atoms with E-state index < -0.39 is 0 Å². The SMILES string of the molecule is CC(C)Cn1cc(CC(=O)NSC(C)C)c2ccc(Br)cc21. The molecule has 1 amide bonds. The van der Waals surface area contributed by atoms with Crippen LogP contribution in [-0.4, -0.2) is 15.7 Å². The van der Waals surface area contributed by atoms with Gasteiger partial charge in [0.1, 0.15) is 0 Å². The third kappa shape index (κ3) is 4.53. The van der Waals surface area contributed by atoms with Crippen molar-refractivity contribution in [2.45, 2.75) is 45.9 Å². The Morgan fingerprint density at radius 2 is 2.05 bits per heavy atom. The molecule has 0 atom stereocenters. The molecule has 120 valence electrons. The lowest BCUT2D eigenvalue weighted by atomic mass is 10.1. The van der Waals surface area contributed by atoms with Crippen molar-refractivity contribution in [1.29, 1.82) is 0 Å². The van der Waals surface area contributed by atoms with Crippen LogP contribution in [0, 0.1) is 5.92 Å². The summed E-state index contributed by atoms with van der Waals surface area (Å²) >= 11 is 5.01. The summed E-state index contributed by atoms with van der Waals surface area (Å²) in [6.07, 6.45) is 2.54. The summed E-state index contributed by atoms with van der Waals surface area (Å²) in [7, 11) is 0. The molecule has 5 heteroatoms. The molecule has 0 aliphatic heterocycles. The van der Waals surface area contributed by atoms with E-state index >= 15 is 0 Å². The molecule has 1 aromatic carbocycles. The molecule has 1 N–H and O–H groups in total. The maximum Gasteiger partial charge on any atom is 0.234 e. The predicted octanol–water partition coefficient (Wildman–Crippen LogP) is 4.78. The van der Waals surface area contributed by atoms with Crippen molar-refractivity contribution in [3.63, 3.8) is 0 Å². The normalized spacial score (nSPS) is 11.6. The Hall–Kier alpha value is -0.940. The van der Waals surface area contributed by atoms with Gasteiger partial charge in [-0.25, -0.2) is 0 Å². The van der Waals surface area contributed by atoms with Crippen LogP contribution in [0.5, 0.6) is 0 Å². The van der Waals surface area contributed by atoms with Crippen LogP contribution in [0.3, 0.4) is 0 Å². The number of nitrogens with zero attached hydrogens (tertiary/aromatic N) is 1. The van der Waals surface area contributed by atoms with Crippen molar-refractivity contribution in [3.05, 3.63) is 34.4 Å². The highest BCUT2D eigenvalue weighted by atomic mass is 79.9. The second-order valence-electron chi connectivity index (χ2n) is 6.23. The largest absolute Gasteiger partial charge is 0.347 e. The average Bonchev–Trinajstić information content (AvgIpc) is 2.73. The van der Waals surface area contributed by atoms with Crippen molar-refractivity contribution in [2.24, 2.45) is 5.92 Å². The molecular formula is C17H23BrN2OS. The van der Waals surface area contributed by atoms with E-state index in [4.69, 9.17) is 0 Å². The number of carbonyl (C=O) groups is 1. The Bertz CT molecular complexity index is 664. The van der Waals surface area contributed by atoms with Crippen molar-refractivity contribution < 1.29 is 4.79 Å². The maximum atomic E-state index is 12.1. The number of benzene rings is 1. The summed E-state index contributed by atoms with van der Waals surface area (Å²) in [4.78, 5) is 12.1. The number of aromatic nitrogens is 1. The molecule has 0 fully saturated rings. The molecule has 0 radical (unpaired) electrons. The Morgan fingerprint density at radius 1 is 1.32 bits per heavy atom. The maximum absolute atomic E-state index is 12.1. The van der Waals surface area contributed by atoms with E-state index in [0.717, 1.165) is 22.0 Å². The van der Waals surface area contributed by atoms with Gasteiger partial charge in [-0.2, -0.15) is 0 Å². The van der Waals surface area contributed by atoms with Gasteiger partial charge in [-0.15, -0.1) is 0 Å². The highest BCUT2D eigenvalue weighted by Gasteiger charge is 2.13. The topological polar surface area (TPSA) is 34.0 Å². The molecule has 0 bridgehead atoms. The molecule has 0 saturated carbocycles. The number of carbonyl (C=O) groups excluding carboxylic acids is 1. The van der Waals surface area contributed by atoms with Gasteiger partial charge in [0.05, 0.1) is 6.42 Å². The molecule has 0 unspecified atom stereocenters. The van der Waals surface area contributed by atoms with Crippen LogP contribution in [0.15, 0.2) is 28.9 Å². The van der Waals surface area contributed by atoms with E-state index in [0.29, 0.717) is 17.6 Å². The molecule has 0 aliphatic rings. The minimum absolute atomic E-state index is 0.0604. The zero-order chi connectivity index (χ0) is 16.3. The van der Waals surface area contributed by atoms with Gasteiger partial charge in [-0.3, -0.25) is 9.52 Å². The molecule has 2 rings (SSSR count). The van der Waals surface area contributed by atoms with Crippen LogP contribution >= 0.6 is 27.9 Å². The first kappa shape index (κ1) is 17.4. The van der Waals surface area contributed by atoms with Crippen molar-refractivity contribution >= 4 is 44.7 Å². The van der Waals surface area contributed by atoms with Crippen LogP contribution < -0.4 is 4.72 Å². The third-order valence-electron chi connectivity index (χ3n) is 3.25. The second-order valence-corrected chi connectivity index (χ2v) is 8.53. The lowest BCUT2D eigenvalue weighted by molar-refractivity contribution is -0.118. The van der Waals surface area contributed by atoms with Crippen LogP contribution in [0.1, 0.15) is 33.3 Å². The van der Waals surface area contributed by atoms with E-state index in [-0.39, 0.29) is 5.91 Å². The first-order valence-electron chi connectivity index (χ1n) is 7.58. The van der Waals surface area contributed by atoms with E-state index in [1.807, 2.05) is 6.07 Å². The fraction of sp³-hybridized carbons (Fsp3) is 0.471. The van der Waals surface area contributed by atoms with Crippen molar-refractivity contribution in [3.8, 4) is 0 Å². The van der Waals surface area contributed by atoms with Gasteiger partial charge in [-0.05, 0) is 35.6 Å². The van der Waals surface area contributed by atoms with E-state index in [9.17, 15) is 4.79 Å². The van der Waals surface area contributed by atoms with Gasteiger partial charge in [0, 0.05) is 33.4 Å². The first-order chi connectivity index (χ1) is 10.4. The zero-order valence-electron chi connectivity index (χ0n) is 13.5. The molecule has 1 heterocycles. The number of nitrogens with one attached hydrogen (secondary N) is 1. The number of hydrogen-bond donors (Lipinski definition) is 1. The highest BCUT2D eigenvalue weighted by molar-refractivity contribution is 9.10. The van der Waals surface area contributed by atoms with Crippen molar-refractivity contribution in [1.82, 2.24) is 9.29 Å². The van der Waals surface area contributed by atoms with Crippen LogP contribution in [0.4, 0.5) is 0 Å². The van der Waals surface area contributed by atoms with Gasteiger partial charge in [-0.1, -0.05) is 49.7 Å². The summed E-state index contributed by atoms with van der Waals surface area (Å²) < 4.78 is 6.23. The summed E-state index contributed by atoms with van der Waals surface area (Å²) in [5.74, 6) is 0.623. The Morgan fingerprint density at radius 3 is 2.68 bits per heavy atom. The first-order valence-corrected chi connectivity index (χ1v) is 9.26. The molecule has 2 aromatic rings. The van der Waals surface area contributed by atoms with Crippen LogP contribution in [-0.2, 0) is 17.8 Å². The number of hydrogen-bond acceptors (Lipinski definition) is 2. The summed E-state index contributed by atoms with van der Waals surface area (Å²) in [5, 5.41) is 1.55. The lowest BCUT2D eigenvalue weighted by Gasteiger charge is -2.08. The van der Waals surface area contributed by atoms with Gasteiger partial charge in [0.25, 0.3) is 0 Å². The van der Waals surface area contributed by atoms with E-state index in [2.05, 4.69) is 71.2 Å². The number of fused-ring (bicyclic) bond motifs is 1. The molecule has 0 aliphatic carbocycles. The summed E-state index contributed by atoms with van der Waals surface area (Å²) in [6, 6.07) is 6.25. The Balaban J connectivity index is 2.27. The zero-order valence-corrected chi connectivity index (χ0v) is 15.9. The van der Waals surface area contributed by atoms with Gasteiger partial charge in [0.2, 0.25) is 5.91 Å². The third-order valence-corrected chi connectivity index (χ3v) is 4.56. The van der Waals surface area contributed by atoms with Gasteiger partial charge in [0.15, 0.2) is 0 Å². The summed E-state index contributed by atoms with van der Waals surface area (Å²) in [6.45, 7) is 9.49. The smallest absolute Gasteiger partial charge is 0.234 e. The standard InChI is InChI=1S/C17H23BrN2OS/c1-11(2)9-20-10-13(7-17(21)19-22-12(3)4)15-6-5-14(18)8-16(15)20/h5-6,8,10-12H,7,9H2,1-4H3,(H,19,21). The molecular weight excluding hydrogens is 360 g/mol. The number of halogens is 1. The minimum atomic E-state index is 0.0604. The average molecular weight is 383 g/mol. The quantitative estimate of drug-likeness (QED) is 0.729. The molecule has 22 heavy (non-hydrogen) atoms. The molecule has 0 spiro atoms. The summed E-state index contributed by atoms with van der Waals surface area (Å²) in [5.41, 5.74) is 2.27. The number of rotatable bonds is 6. The Labute approximate surface area is 145 Å². The fourth-order valence-corrected chi connectivity index (χ4v) is 3.21. The molecule has 1 aromatic heterocycles. The van der Waals surface area contributed by atoms with Crippen molar-refractivity contribution in [2.75, 3.05) is 0 Å². The lowest BCUT2D eigenvalue weighted by Crippen LogP contribution is -2.20. The second kappa shape index (κ2) is 7.55. The van der Waals surface area contributed by atoms with Crippen LogP contribution in [0.25, 0.3) is 10.9 Å². The molecule has 3 nitrogen and oxygen atoms in total. The van der Waals surface area contributed by atoms with E-state index in [1.54, 1.807) is 0 Å². The highest BCUT2D eigenvalue weighted by Crippen LogP contribution is 2.26. The van der Waals surface area contributed by atoms with Gasteiger partial charge < -0.3 is 4.57 Å². The molecule has 0 saturated heterocycles. The Kier molecular flexibility index (Phi) is 5.98. The number of amides is 1. The fourth-order valence-electron chi connectivity index (χ4n) is 2.42. The van der Waals surface area contributed by atoms with Crippen LogP contribution in [0.2, 0.25) is 0 Å². The predicted molar refractivity (Wildman–Crippen MR) is 99.0 cm³/mol. The van der Waals surface area contributed by atoms with E-state index in [1.165, 1.54) is 17.5 Å². The van der Waals surface area contributed by atoms with Gasteiger partial charge >= 0.3 is 0 Å². The monoisotopic (exact) mass is 382 g/mol. The minimum Gasteiger partial charge on any atom is -0.347 e.